The topological polar surface area (TPSA) is 3.24 Å². The molecule has 9 aromatic rings. The van der Waals surface area contributed by atoms with Crippen LogP contribution in [0.1, 0.15) is 25.0 Å². The van der Waals surface area contributed by atoms with Gasteiger partial charge in [0.25, 0.3) is 0 Å². The number of hydrogen-bond donors (Lipinski definition) is 0. The molecule has 0 unspecified atom stereocenters. The van der Waals surface area contributed by atoms with E-state index >= 15 is 0 Å². The van der Waals surface area contributed by atoms with Crippen LogP contribution < -0.4 is 4.90 Å². The highest BCUT2D eigenvalue weighted by molar-refractivity contribution is 7.26. The Bertz CT molecular complexity index is 2730. The van der Waals surface area contributed by atoms with Gasteiger partial charge < -0.3 is 4.90 Å². The first-order chi connectivity index (χ1) is 24.1. The van der Waals surface area contributed by atoms with Gasteiger partial charge in [0.1, 0.15) is 0 Å². The van der Waals surface area contributed by atoms with Crippen molar-refractivity contribution in [3.05, 3.63) is 175 Å². The Kier molecular flexibility index (Phi) is 6.16. The number of rotatable bonds is 4. The summed E-state index contributed by atoms with van der Waals surface area (Å²) in [7, 11) is 0. The zero-order valence-electron chi connectivity index (χ0n) is 27.4. The normalized spacial score (nSPS) is 13.3. The van der Waals surface area contributed by atoms with E-state index in [1.807, 2.05) is 11.3 Å². The molecule has 1 aliphatic carbocycles. The van der Waals surface area contributed by atoms with Crippen LogP contribution in [0.15, 0.2) is 164 Å². The van der Waals surface area contributed by atoms with Crippen LogP contribution in [0.4, 0.5) is 17.1 Å². The minimum Gasteiger partial charge on any atom is -0.310 e. The van der Waals surface area contributed by atoms with E-state index in [0.29, 0.717) is 0 Å². The second-order valence-electron chi connectivity index (χ2n) is 13.7. The lowest BCUT2D eigenvalue weighted by Gasteiger charge is -2.29. The monoisotopic (exact) mass is 643 g/mol. The molecule has 0 aliphatic heterocycles. The number of nitrogens with zero attached hydrogens (tertiary/aromatic N) is 1. The maximum absolute atomic E-state index is 2.48. The third-order valence-electron chi connectivity index (χ3n) is 10.6. The van der Waals surface area contributed by atoms with Crippen molar-refractivity contribution in [2.24, 2.45) is 0 Å². The van der Waals surface area contributed by atoms with Crippen LogP contribution in [0.25, 0.3) is 64.0 Å². The highest BCUT2D eigenvalue weighted by atomic mass is 32.1. The Morgan fingerprint density at radius 2 is 1.12 bits per heavy atom. The molecule has 0 N–H and O–H groups in total. The van der Waals surface area contributed by atoms with Crippen molar-refractivity contribution in [3.8, 4) is 22.3 Å². The predicted octanol–water partition coefficient (Wildman–Crippen LogP) is 13.8. The number of anilines is 3. The van der Waals surface area contributed by atoms with E-state index in [-0.39, 0.29) is 5.41 Å². The van der Waals surface area contributed by atoms with E-state index < -0.39 is 0 Å². The van der Waals surface area contributed by atoms with Crippen LogP contribution >= 0.6 is 11.3 Å². The molecule has 0 bridgehead atoms. The van der Waals surface area contributed by atoms with Gasteiger partial charge in [0.05, 0.1) is 5.69 Å². The number of benzene rings is 8. The maximum atomic E-state index is 2.48. The smallest absolute Gasteiger partial charge is 0.0546 e. The molecule has 232 valence electrons. The Hall–Kier alpha value is -5.70. The summed E-state index contributed by atoms with van der Waals surface area (Å²) in [6, 6.07) is 60.6. The molecule has 0 saturated heterocycles. The summed E-state index contributed by atoms with van der Waals surface area (Å²) in [4.78, 5) is 2.48. The predicted molar refractivity (Wildman–Crippen MR) is 212 cm³/mol. The number of hydrogen-bond acceptors (Lipinski definition) is 2. The lowest BCUT2D eigenvalue weighted by Crippen LogP contribution is -2.16. The lowest BCUT2D eigenvalue weighted by atomic mass is 9.82. The molecular formula is C47H33NS. The van der Waals surface area contributed by atoms with Crippen molar-refractivity contribution in [1.82, 2.24) is 0 Å². The highest BCUT2D eigenvalue weighted by Gasteiger charge is 2.36. The molecule has 0 spiro atoms. The summed E-state index contributed by atoms with van der Waals surface area (Å²) in [5.74, 6) is 0. The zero-order valence-corrected chi connectivity index (χ0v) is 28.3. The van der Waals surface area contributed by atoms with E-state index in [2.05, 4.69) is 183 Å². The van der Waals surface area contributed by atoms with Gasteiger partial charge in [-0.15, -0.1) is 11.3 Å². The van der Waals surface area contributed by atoms with Crippen molar-refractivity contribution < 1.29 is 0 Å². The first-order valence-corrected chi connectivity index (χ1v) is 17.8. The van der Waals surface area contributed by atoms with Crippen LogP contribution in [0.5, 0.6) is 0 Å². The molecule has 1 aromatic heterocycles. The zero-order chi connectivity index (χ0) is 32.7. The van der Waals surface area contributed by atoms with Crippen molar-refractivity contribution >= 4 is 70.1 Å². The Balaban J connectivity index is 1.24. The van der Waals surface area contributed by atoms with E-state index in [4.69, 9.17) is 0 Å². The molecule has 10 rings (SSSR count). The number of fused-ring (bicyclic) bond motifs is 10. The fourth-order valence-corrected chi connectivity index (χ4v) is 9.50. The minimum absolute atomic E-state index is 0.0942. The molecule has 49 heavy (non-hydrogen) atoms. The molecule has 8 aromatic carbocycles. The van der Waals surface area contributed by atoms with Crippen LogP contribution in [0.3, 0.4) is 0 Å². The molecule has 0 fully saturated rings. The lowest BCUT2D eigenvalue weighted by molar-refractivity contribution is 0.660. The molecule has 0 radical (unpaired) electrons. The molecular weight excluding hydrogens is 611 g/mol. The number of thiophene rings is 1. The summed E-state index contributed by atoms with van der Waals surface area (Å²) in [6.07, 6.45) is 0. The molecule has 1 aliphatic rings. The van der Waals surface area contributed by atoms with E-state index in [9.17, 15) is 0 Å². The average Bonchev–Trinajstić information content (AvgIpc) is 3.64. The molecule has 1 nitrogen and oxygen atoms in total. The van der Waals surface area contributed by atoms with Gasteiger partial charge in [-0.1, -0.05) is 141 Å². The third kappa shape index (κ3) is 4.24. The standard InChI is InChI=1S/C47H33NS/c1-47(2)41-18-10-8-14-35(41)36-27-25-34(29-42(36)47)48(33-23-20-31(21-24-33)30-12-4-3-5-13-30)43-28-32-22-26-40-38-16-9-11-19-44(38)49-46(40)45(32)39-17-7-6-15-37(39)43/h3-29H,1-2H3. The fraction of sp³-hybridized carbons (Fsp3) is 0.0638. The van der Waals surface area contributed by atoms with Crippen LogP contribution in [0.2, 0.25) is 0 Å². The van der Waals surface area contributed by atoms with Gasteiger partial charge in [0.2, 0.25) is 0 Å². The van der Waals surface area contributed by atoms with Gasteiger partial charge in [0.15, 0.2) is 0 Å². The quantitative estimate of drug-likeness (QED) is 0.173. The van der Waals surface area contributed by atoms with Gasteiger partial charge in [-0.2, -0.15) is 0 Å². The van der Waals surface area contributed by atoms with Gasteiger partial charge in [0, 0.05) is 47.7 Å². The van der Waals surface area contributed by atoms with Gasteiger partial charge in [-0.05, 0) is 80.6 Å². The summed E-state index contributed by atoms with van der Waals surface area (Å²) < 4.78 is 2.69. The largest absolute Gasteiger partial charge is 0.310 e. The molecule has 2 heteroatoms. The Morgan fingerprint density at radius 1 is 0.469 bits per heavy atom. The van der Waals surface area contributed by atoms with Gasteiger partial charge >= 0.3 is 0 Å². The molecule has 0 amide bonds. The average molecular weight is 644 g/mol. The van der Waals surface area contributed by atoms with Crippen LogP contribution in [0, 0.1) is 0 Å². The molecule has 0 atom stereocenters. The second kappa shape index (κ2) is 10.7. The van der Waals surface area contributed by atoms with Crippen LogP contribution in [-0.2, 0) is 5.41 Å². The van der Waals surface area contributed by atoms with E-state index in [1.54, 1.807) is 0 Å². The van der Waals surface area contributed by atoms with Gasteiger partial charge in [-0.3, -0.25) is 0 Å². The SMILES string of the molecule is CC1(C)c2ccccc2-c2ccc(N(c3ccc(-c4ccccc4)cc3)c3cc4ccc5c6ccccc6sc5c4c4ccccc34)cc21. The minimum atomic E-state index is -0.0942. The second-order valence-corrected chi connectivity index (χ2v) is 14.8. The summed E-state index contributed by atoms with van der Waals surface area (Å²) >= 11 is 1.91. The van der Waals surface area contributed by atoms with E-state index in [0.717, 1.165) is 5.69 Å². The van der Waals surface area contributed by atoms with Crippen molar-refractivity contribution in [1.29, 1.82) is 0 Å². The summed E-state index contributed by atoms with van der Waals surface area (Å²) in [5, 5.41) is 7.79. The summed E-state index contributed by atoms with van der Waals surface area (Å²) in [6.45, 7) is 4.73. The maximum Gasteiger partial charge on any atom is 0.0546 e. The first-order valence-electron chi connectivity index (χ1n) is 17.0. The van der Waals surface area contributed by atoms with E-state index in [1.165, 1.54) is 86.5 Å². The molecule has 1 heterocycles. The Morgan fingerprint density at radius 3 is 1.96 bits per heavy atom. The van der Waals surface area contributed by atoms with Crippen molar-refractivity contribution in [2.75, 3.05) is 4.90 Å². The fourth-order valence-electron chi connectivity index (χ4n) is 8.23. The first kappa shape index (κ1) is 28.3. The highest BCUT2D eigenvalue weighted by Crippen LogP contribution is 2.52. The van der Waals surface area contributed by atoms with Crippen molar-refractivity contribution in [2.45, 2.75) is 19.3 Å². The Labute approximate surface area is 290 Å². The summed E-state index contributed by atoms with van der Waals surface area (Å²) in [5.41, 5.74) is 11.3. The third-order valence-corrected chi connectivity index (χ3v) is 11.8. The molecule has 0 saturated carbocycles. The van der Waals surface area contributed by atoms with Gasteiger partial charge in [-0.25, -0.2) is 0 Å². The van der Waals surface area contributed by atoms with Crippen molar-refractivity contribution in [3.63, 3.8) is 0 Å². The van der Waals surface area contributed by atoms with Crippen LogP contribution in [-0.4, -0.2) is 0 Å².